The van der Waals surface area contributed by atoms with E-state index in [1.165, 1.54) is 23.3 Å². The maximum Gasteiger partial charge on any atom is 0.321 e. The van der Waals surface area contributed by atoms with Crippen LogP contribution >= 0.6 is 0 Å². The molecule has 3 aromatic heterocycles. The summed E-state index contributed by atoms with van der Waals surface area (Å²) in [5, 5.41) is 17.3. The van der Waals surface area contributed by atoms with Crippen molar-refractivity contribution < 1.29 is 9.53 Å². The number of hydrogen-bond acceptors (Lipinski definition) is 9. The Morgan fingerprint density at radius 1 is 0.878 bits per heavy atom. The van der Waals surface area contributed by atoms with Crippen LogP contribution in [0.3, 0.4) is 0 Å². The molecular weight excluding hydrogens is 520 g/mol. The molecule has 12 heteroatoms. The summed E-state index contributed by atoms with van der Waals surface area (Å²) in [4.78, 5) is 34.0. The number of anilines is 1. The number of carbonyl (C=O) groups excluding carboxylic acids is 1. The summed E-state index contributed by atoms with van der Waals surface area (Å²) in [6.45, 7) is 7.57. The second-order valence-electron chi connectivity index (χ2n) is 8.40. The van der Waals surface area contributed by atoms with Gasteiger partial charge in [0, 0.05) is 30.5 Å². The molecule has 41 heavy (non-hydrogen) atoms. The van der Waals surface area contributed by atoms with E-state index in [4.69, 9.17) is 11.3 Å². The molecule has 0 bridgehead atoms. The minimum absolute atomic E-state index is 0.0116. The first-order valence-electron chi connectivity index (χ1n) is 12.2. The predicted molar refractivity (Wildman–Crippen MR) is 150 cm³/mol. The van der Waals surface area contributed by atoms with Crippen LogP contribution in [0.25, 0.3) is 21.6 Å². The second kappa shape index (κ2) is 11.2. The van der Waals surface area contributed by atoms with Crippen molar-refractivity contribution in [2.75, 3.05) is 5.32 Å². The van der Waals surface area contributed by atoms with Crippen molar-refractivity contribution in [1.29, 1.82) is 0 Å². The van der Waals surface area contributed by atoms with Crippen LogP contribution in [0.5, 0.6) is 11.8 Å². The largest absolute Gasteiger partial charge is 0.421 e. The number of para-hydroxylation sites is 1. The van der Waals surface area contributed by atoms with Gasteiger partial charge in [0.05, 0.1) is 18.3 Å². The van der Waals surface area contributed by atoms with Crippen molar-refractivity contribution in [3.8, 4) is 17.7 Å². The average Bonchev–Trinajstić information content (AvgIpc) is 3.44. The molecule has 6 aromatic rings. The summed E-state index contributed by atoms with van der Waals surface area (Å²) >= 11 is 0. The van der Waals surface area contributed by atoms with Crippen LogP contribution in [0.15, 0.2) is 114 Å². The number of fused-ring (bicyclic) bond motifs is 1. The molecule has 0 saturated heterocycles. The topological polar surface area (TPSA) is 137 Å². The van der Waals surface area contributed by atoms with Crippen LogP contribution in [0, 0.1) is 6.57 Å². The fraction of sp³-hybridized carbons (Fsp3) is 0. The number of amides is 1. The van der Waals surface area contributed by atoms with E-state index in [0.29, 0.717) is 16.5 Å². The molecule has 0 aliphatic rings. The zero-order valence-electron chi connectivity index (χ0n) is 21.2. The molecule has 1 N–H and O–H groups in total. The number of hydrogen-bond donors (Lipinski definition) is 1. The lowest BCUT2D eigenvalue weighted by molar-refractivity contribution is 0.102. The Morgan fingerprint density at radius 3 is 2.34 bits per heavy atom. The average molecular weight is 539 g/mol. The summed E-state index contributed by atoms with van der Waals surface area (Å²) in [5.41, 5.74) is 1.15. The molecular formula is C29H18N10O2. The highest BCUT2D eigenvalue weighted by atomic mass is 16.5. The molecule has 6 rings (SSSR count). The van der Waals surface area contributed by atoms with Gasteiger partial charge in [-0.3, -0.25) is 4.79 Å². The number of benzene rings is 3. The molecule has 0 aliphatic carbocycles. The number of aromatic nitrogens is 6. The van der Waals surface area contributed by atoms with Crippen molar-refractivity contribution in [1.82, 2.24) is 29.7 Å². The first-order chi connectivity index (χ1) is 20.2. The van der Waals surface area contributed by atoms with Gasteiger partial charge in [0.2, 0.25) is 0 Å². The lowest BCUT2D eigenvalue weighted by Crippen LogP contribution is -2.14. The van der Waals surface area contributed by atoms with Gasteiger partial charge in [0.15, 0.2) is 11.6 Å². The van der Waals surface area contributed by atoms with Crippen LogP contribution in [0.4, 0.5) is 22.9 Å². The first kappa shape index (κ1) is 25.0. The molecule has 3 aromatic carbocycles. The first-order valence-corrected chi connectivity index (χ1v) is 12.2. The lowest BCUT2D eigenvalue weighted by Gasteiger charge is -2.15. The van der Waals surface area contributed by atoms with Crippen molar-refractivity contribution in [2.45, 2.75) is 0 Å². The fourth-order valence-electron chi connectivity index (χ4n) is 4.02. The molecule has 3 heterocycles. The summed E-state index contributed by atoms with van der Waals surface area (Å²) in [7, 11) is 0. The molecule has 0 fully saturated rings. The third-order valence-electron chi connectivity index (χ3n) is 5.82. The minimum atomic E-state index is -0.431. The Labute approximate surface area is 232 Å². The Kier molecular flexibility index (Phi) is 6.80. The van der Waals surface area contributed by atoms with E-state index in [1.54, 1.807) is 42.7 Å². The summed E-state index contributed by atoms with van der Waals surface area (Å²) in [5.74, 6) is -0.0260. The second-order valence-corrected chi connectivity index (χ2v) is 8.40. The van der Waals surface area contributed by atoms with E-state index in [-0.39, 0.29) is 40.5 Å². The van der Waals surface area contributed by atoms with Crippen LogP contribution in [0.2, 0.25) is 0 Å². The van der Waals surface area contributed by atoms with Crippen molar-refractivity contribution in [3.05, 3.63) is 121 Å². The SMILES string of the molecule is [C-]#[N+]c1cnn(-c2ncccn2)c1/N=N/c1cc2ccccc2c(C(=O)Nc2ccccc2)c1Oc1ncccn1. The Hall–Kier alpha value is -6.35. The quantitative estimate of drug-likeness (QED) is 0.178. The highest BCUT2D eigenvalue weighted by molar-refractivity contribution is 6.16. The molecule has 1 amide bonds. The molecule has 12 nitrogen and oxygen atoms in total. The van der Waals surface area contributed by atoms with Crippen LogP contribution < -0.4 is 10.1 Å². The maximum absolute atomic E-state index is 13.8. The normalized spacial score (nSPS) is 10.9. The highest BCUT2D eigenvalue weighted by Gasteiger charge is 2.23. The molecule has 0 aliphatic heterocycles. The predicted octanol–water partition coefficient (Wildman–Crippen LogP) is 6.62. The van der Waals surface area contributed by atoms with E-state index in [2.05, 4.69) is 45.4 Å². The standard InChI is InChI=1S/C29H18N10O2/c1-30-23-18-35-39(28-31-13-7-14-32-28)26(23)38-37-22-17-19-9-5-6-12-21(19)24(25(22)41-29-33-15-8-16-34-29)27(40)36-20-10-3-2-4-11-20/h2-18H,(H,36,40)/b38-37+. The molecule has 0 spiro atoms. The number of rotatable bonds is 7. The third kappa shape index (κ3) is 5.18. The summed E-state index contributed by atoms with van der Waals surface area (Å²) < 4.78 is 7.41. The fourth-order valence-corrected chi connectivity index (χ4v) is 4.02. The Balaban J connectivity index is 1.53. The number of nitrogens with zero attached hydrogens (tertiary/aromatic N) is 9. The van der Waals surface area contributed by atoms with Crippen molar-refractivity contribution in [2.24, 2.45) is 10.2 Å². The number of ether oxygens (including phenoxy) is 1. The van der Waals surface area contributed by atoms with Crippen molar-refractivity contribution >= 4 is 39.6 Å². The smallest absolute Gasteiger partial charge is 0.321 e. The summed E-state index contributed by atoms with van der Waals surface area (Å²) in [6.07, 6.45) is 7.50. The third-order valence-corrected chi connectivity index (χ3v) is 5.82. The van der Waals surface area contributed by atoms with Gasteiger partial charge in [0.1, 0.15) is 5.69 Å². The van der Waals surface area contributed by atoms with Gasteiger partial charge in [0.25, 0.3) is 17.5 Å². The number of carbonyl (C=O) groups is 1. The van der Waals surface area contributed by atoms with Gasteiger partial charge < -0.3 is 10.1 Å². The van der Waals surface area contributed by atoms with Gasteiger partial charge in [-0.25, -0.2) is 24.8 Å². The molecule has 0 unspecified atom stereocenters. The minimum Gasteiger partial charge on any atom is -0.421 e. The zero-order valence-corrected chi connectivity index (χ0v) is 21.2. The van der Waals surface area contributed by atoms with E-state index >= 15 is 0 Å². The Morgan fingerprint density at radius 2 is 1.59 bits per heavy atom. The van der Waals surface area contributed by atoms with E-state index < -0.39 is 5.91 Å². The van der Waals surface area contributed by atoms with Crippen LogP contribution in [0.1, 0.15) is 10.4 Å². The van der Waals surface area contributed by atoms with Crippen molar-refractivity contribution in [3.63, 3.8) is 0 Å². The van der Waals surface area contributed by atoms with E-state index in [0.717, 1.165) is 0 Å². The van der Waals surface area contributed by atoms with Gasteiger partial charge in [-0.05, 0) is 41.1 Å². The zero-order chi connectivity index (χ0) is 28.0. The lowest BCUT2D eigenvalue weighted by atomic mass is 10.0. The van der Waals surface area contributed by atoms with Crippen LogP contribution in [-0.2, 0) is 0 Å². The number of nitrogens with one attached hydrogen (secondary N) is 1. The number of azo groups is 1. The van der Waals surface area contributed by atoms with Gasteiger partial charge in [-0.2, -0.15) is 9.78 Å². The maximum atomic E-state index is 13.8. The molecule has 0 saturated carbocycles. The van der Waals surface area contributed by atoms with E-state index in [1.807, 2.05) is 42.5 Å². The monoisotopic (exact) mass is 538 g/mol. The summed E-state index contributed by atoms with van der Waals surface area (Å²) in [6, 6.07) is 21.5. The van der Waals surface area contributed by atoms with Gasteiger partial charge >= 0.3 is 6.01 Å². The van der Waals surface area contributed by atoms with Gasteiger partial charge in [-0.15, -0.1) is 10.2 Å². The molecule has 196 valence electrons. The van der Waals surface area contributed by atoms with E-state index in [9.17, 15) is 4.79 Å². The Bertz CT molecular complexity index is 1920. The highest BCUT2D eigenvalue weighted by Crippen LogP contribution is 2.41. The van der Waals surface area contributed by atoms with Gasteiger partial charge in [-0.1, -0.05) is 42.5 Å². The molecule has 0 radical (unpaired) electrons. The molecule has 0 atom stereocenters. The van der Waals surface area contributed by atoms with Crippen LogP contribution in [-0.4, -0.2) is 35.6 Å².